The quantitative estimate of drug-likeness (QED) is 0.918. The molecular weight excluding hydrogens is 274 g/mol. The first-order chi connectivity index (χ1) is 10.8. The van der Waals surface area contributed by atoms with Crippen LogP contribution in [0.1, 0.15) is 37.7 Å². The van der Waals surface area contributed by atoms with Gasteiger partial charge in [-0.2, -0.15) is 10.1 Å². The number of nitrogens with one attached hydrogen (secondary N) is 1. The molecule has 5 nitrogen and oxygen atoms in total. The van der Waals surface area contributed by atoms with E-state index in [-0.39, 0.29) is 0 Å². The molecule has 1 aliphatic carbocycles. The number of benzene rings is 1. The van der Waals surface area contributed by atoms with Gasteiger partial charge >= 0.3 is 0 Å². The smallest absolute Gasteiger partial charge is 0.244 e. The van der Waals surface area contributed by atoms with Gasteiger partial charge in [0.25, 0.3) is 0 Å². The van der Waals surface area contributed by atoms with Crippen LogP contribution in [0.5, 0.6) is 0 Å². The largest absolute Gasteiger partial charge is 0.354 e. The zero-order chi connectivity index (χ0) is 15.2. The Kier molecular flexibility index (Phi) is 4.83. The lowest BCUT2D eigenvalue weighted by molar-refractivity contribution is 0.460. The van der Waals surface area contributed by atoms with Gasteiger partial charge in [0.05, 0.1) is 6.20 Å². The standard InChI is InChI=1S/C17H23N5/c1-22(13-14-8-4-2-5-9-14)16-12-18-21-17(20-16)19-15-10-6-3-7-11-15/h2,4-5,8-9,12,15H,3,6-7,10-11,13H2,1H3,(H,19,20,21). The summed E-state index contributed by atoms with van der Waals surface area (Å²) in [6, 6.07) is 10.9. The lowest BCUT2D eigenvalue weighted by Gasteiger charge is -2.23. The molecule has 0 radical (unpaired) electrons. The fourth-order valence-electron chi connectivity index (χ4n) is 2.91. The van der Waals surface area contributed by atoms with Crippen molar-refractivity contribution < 1.29 is 0 Å². The average Bonchev–Trinajstić information content (AvgIpc) is 2.57. The molecule has 1 aromatic heterocycles. The molecule has 0 spiro atoms. The van der Waals surface area contributed by atoms with Gasteiger partial charge in [0.2, 0.25) is 5.95 Å². The number of rotatable bonds is 5. The highest BCUT2D eigenvalue weighted by atomic mass is 15.3. The lowest BCUT2D eigenvalue weighted by atomic mass is 9.96. The maximum atomic E-state index is 4.60. The average molecular weight is 297 g/mol. The first-order valence-corrected chi connectivity index (χ1v) is 8.02. The minimum absolute atomic E-state index is 0.491. The molecular formula is C17H23N5. The van der Waals surface area contributed by atoms with E-state index in [1.807, 2.05) is 13.1 Å². The normalized spacial score (nSPS) is 15.5. The Bertz CT molecular complexity index is 581. The van der Waals surface area contributed by atoms with Gasteiger partial charge in [0.1, 0.15) is 0 Å². The zero-order valence-electron chi connectivity index (χ0n) is 13.1. The molecule has 0 saturated heterocycles. The minimum atomic E-state index is 0.491. The van der Waals surface area contributed by atoms with E-state index in [2.05, 4.69) is 49.7 Å². The van der Waals surface area contributed by atoms with E-state index in [4.69, 9.17) is 0 Å². The first kappa shape index (κ1) is 14.8. The monoisotopic (exact) mass is 297 g/mol. The summed E-state index contributed by atoms with van der Waals surface area (Å²) in [5.41, 5.74) is 1.26. The summed E-state index contributed by atoms with van der Waals surface area (Å²) in [6.07, 6.45) is 8.05. The van der Waals surface area contributed by atoms with Gasteiger partial charge < -0.3 is 10.2 Å². The Morgan fingerprint density at radius 1 is 1.14 bits per heavy atom. The second-order valence-corrected chi connectivity index (χ2v) is 5.96. The highest BCUT2D eigenvalue weighted by molar-refractivity contribution is 5.40. The molecule has 116 valence electrons. The lowest BCUT2D eigenvalue weighted by Crippen LogP contribution is -2.25. The minimum Gasteiger partial charge on any atom is -0.354 e. The molecule has 0 aliphatic heterocycles. The molecule has 0 atom stereocenters. The molecule has 2 aromatic rings. The predicted molar refractivity (Wildman–Crippen MR) is 88.9 cm³/mol. The van der Waals surface area contributed by atoms with E-state index >= 15 is 0 Å². The topological polar surface area (TPSA) is 53.9 Å². The van der Waals surface area contributed by atoms with E-state index in [0.717, 1.165) is 12.4 Å². The number of nitrogens with zero attached hydrogens (tertiary/aromatic N) is 4. The molecule has 1 saturated carbocycles. The summed E-state index contributed by atoms with van der Waals surface area (Å²) in [5, 5.41) is 11.6. The van der Waals surface area contributed by atoms with Gasteiger partial charge in [-0.15, -0.1) is 5.10 Å². The van der Waals surface area contributed by atoms with Crippen LogP contribution in [0.4, 0.5) is 11.8 Å². The van der Waals surface area contributed by atoms with Crippen molar-refractivity contribution in [1.29, 1.82) is 0 Å². The van der Waals surface area contributed by atoms with Crippen LogP contribution in [-0.2, 0) is 6.54 Å². The SMILES string of the molecule is CN(Cc1ccccc1)c1cnnc(NC2CCCCC2)n1. The fourth-order valence-corrected chi connectivity index (χ4v) is 2.91. The molecule has 5 heteroatoms. The van der Waals surface area contributed by atoms with Crippen LogP contribution in [0.15, 0.2) is 36.5 Å². The van der Waals surface area contributed by atoms with Gasteiger partial charge in [-0.25, -0.2) is 0 Å². The number of anilines is 2. The van der Waals surface area contributed by atoms with Gasteiger partial charge in [-0.3, -0.25) is 0 Å². The number of aromatic nitrogens is 3. The van der Waals surface area contributed by atoms with E-state index in [1.54, 1.807) is 6.20 Å². The van der Waals surface area contributed by atoms with E-state index in [9.17, 15) is 0 Å². The van der Waals surface area contributed by atoms with Gasteiger partial charge in [-0.1, -0.05) is 49.6 Å². The van der Waals surface area contributed by atoms with Crippen LogP contribution < -0.4 is 10.2 Å². The van der Waals surface area contributed by atoms with E-state index in [0.29, 0.717) is 12.0 Å². The molecule has 1 fully saturated rings. The molecule has 3 rings (SSSR count). The molecule has 0 unspecified atom stereocenters. The van der Waals surface area contributed by atoms with E-state index < -0.39 is 0 Å². The molecule has 1 aliphatic rings. The maximum Gasteiger partial charge on any atom is 0.244 e. The van der Waals surface area contributed by atoms with Crippen molar-refractivity contribution in [3.8, 4) is 0 Å². The van der Waals surface area contributed by atoms with Crippen LogP contribution in [0.25, 0.3) is 0 Å². The van der Waals surface area contributed by atoms with E-state index in [1.165, 1.54) is 37.7 Å². The predicted octanol–water partition coefficient (Wildman–Crippen LogP) is 3.25. The highest BCUT2D eigenvalue weighted by Crippen LogP contribution is 2.20. The van der Waals surface area contributed by atoms with Crippen LogP contribution in [0, 0.1) is 0 Å². The van der Waals surface area contributed by atoms with Crippen molar-refractivity contribution >= 4 is 11.8 Å². The molecule has 1 heterocycles. The summed E-state index contributed by atoms with van der Waals surface area (Å²) < 4.78 is 0. The second-order valence-electron chi connectivity index (χ2n) is 5.96. The summed E-state index contributed by atoms with van der Waals surface area (Å²) in [5.74, 6) is 1.49. The molecule has 22 heavy (non-hydrogen) atoms. The first-order valence-electron chi connectivity index (χ1n) is 8.02. The van der Waals surface area contributed by atoms with Crippen molar-refractivity contribution in [2.75, 3.05) is 17.3 Å². The Morgan fingerprint density at radius 3 is 2.68 bits per heavy atom. The summed E-state index contributed by atoms with van der Waals surface area (Å²) in [7, 11) is 2.03. The van der Waals surface area contributed by atoms with Crippen molar-refractivity contribution in [2.45, 2.75) is 44.7 Å². The van der Waals surface area contributed by atoms with Crippen molar-refractivity contribution in [3.05, 3.63) is 42.1 Å². The number of hydrogen-bond donors (Lipinski definition) is 1. The Morgan fingerprint density at radius 2 is 1.91 bits per heavy atom. The highest BCUT2D eigenvalue weighted by Gasteiger charge is 2.15. The third-order valence-electron chi connectivity index (χ3n) is 4.14. The Balaban J connectivity index is 1.64. The van der Waals surface area contributed by atoms with Gasteiger partial charge in [-0.05, 0) is 18.4 Å². The molecule has 0 amide bonds. The third-order valence-corrected chi connectivity index (χ3v) is 4.14. The maximum absolute atomic E-state index is 4.60. The van der Waals surface area contributed by atoms with Crippen molar-refractivity contribution in [1.82, 2.24) is 15.2 Å². The van der Waals surface area contributed by atoms with Crippen LogP contribution in [0.3, 0.4) is 0 Å². The Labute approximate surface area is 131 Å². The third kappa shape index (κ3) is 3.93. The van der Waals surface area contributed by atoms with Gasteiger partial charge in [0, 0.05) is 19.6 Å². The molecule has 0 bridgehead atoms. The zero-order valence-corrected chi connectivity index (χ0v) is 13.1. The Hall–Kier alpha value is -2.17. The fraction of sp³-hybridized carbons (Fsp3) is 0.471. The van der Waals surface area contributed by atoms with Gasteiger partial charge in [0.15, 0.2) is 5.82 Å². The molecule has 1 N–H and O–H groups in total. The van der Waals surface area contributed by atoms with Crippen LogP contribution in [0.2, 0.25) is 0 Å². The van der Waals surface area contributed by atoms with Crippen LogP contribution in [-0.4, -0.2) is 28.3 Å². The number of hydrogen-bond acceptors (Lipinski definition) is 5. The van der Waals surface area contributed by atoms with Crippen LogP contribution >= 0.6 is 0 Å². The molecule has 1 aromatic carbocycles. The summed E-state index contributed by atoms with van der Waals surface area (Å²) in [6.45, 7) is 0.808. The second kappa shape index (κ2) is 7.20. The van der Waals surface area contributed by atoms with Crippen molar-refractivity contribution in [3.63, 3.8) is 0 Å². The summed E-state index contributed by atoms with van der Waals surface area (Å²) in [4.78, 5) is 6.70. The summed E-state index contributed by atoms with van der Waals surface area (Å²) >= 11 is 0. The van der Waals surface area contributed by atoms with Crippen molar-refractivity contribution in [2.24, 2.45) is 0 Å².